The van der Waals surface area contributed by atoms with E-state index >= 15 is 0 Å². The van der Waals surface area contributed by atoms with Crippen LogP contribution in [0.25, 0.3) is 16.8 Å². The highest BCUT2D eigenvalue weighted by Gasteiger charge is 2.41. The molecule has 0 fully saturated rings. The first kappa shape index (κ1) is 26.5. The van der Waals surface area contributed by atoms with Crippen molar-refractivity contribution in [1.82, 2.24) is 9.78 Å². The second-order valence-corrected chi connectivity index (χ2v) is 10.2. The molecule has 10 heteroatoms. The molecule has 4 rings (SSSR count). The second-order valence-electron chi connectivity index (χ2n) is 10.2. The molecular formula is C27H30F3N3O4. The van der Waals surface area contributed by atoms with Crippen LogP contribution < -0.4 is 9.64 Å². The molecule has 1 aliphatic rings. The highest BCUT2D eigenvalue weighted by molar-refractivity contribution is 5.85. The zero-order chi connectivity index (χ0) is 27.1. The zero-order valence-electron chi connectivity index (χ0n) is 21.4. The quantitative estimate of drug-likeness (QED) is 0.440. The van der Waals surface area contributed by atoms with Gasteiger partial charge in [-0.3, -0.25) is 0 Å². The van der Waals surface area contributed by atoms with E-state index in [-0.39, 0.29) is 5.56 Å². The molecule has 198 valence electrons. The maximum atomic E-state index is 14.4. The summed E-state index contributed by atoms with van der Waals surface area (Å²) in [5.41, 5.74) is -0.186. The molecule has 0 saturated carbocycles. The van der Waals surface area contributed by atoms with Gasteiger partial charge in [0, 0.05) is 25.2 Å². The third kappa shape index (κ3) is 5.58. The number of alkyl halides is 3. The molecule has 1 atom stereocenters. The number of carboxylic acid groups (broad SMARTS) is 1. The van der Waals surface area contributed by atoms with Crippen LogP contribution in [0.15, 0.2) is 42.7 Å². The molecule has 0 aliphatic carbocycles. The molecule has 0 spiro atoms. The second kappa shape index (κ2) is 9.74. The number of fused-ring (bicyclic) bond motifs is 1. The van der Waals surface area contributed by atoms with Crippen LogP contribution in [0.2, 0.25) is 0 Å². The number of hydrogen-bond acceptors (Lipinski definition) is 5. The normalized spacial score (nSPS) is 14.6. The molecule has 1 N–H and O–H groups in total. The van der Waals surface area contributed by atoms with Gasteiger partial charge in [-0.05, 0) is 69.0 Å². The van der Waals surface area contributed by atoms with Crippen LogP contribution in [0.1, 0.15) is 50.0 Å². The molecule has 0 saturated heterocycles. The number of hydrogen-bond donors (Lipinski definition) is 1. The number of rotatable bonds is 6. The first-order valence-corrected chi connectivity index (χ1v) is 11.9. The molecule has 7 nitrogen and oxygen atoms in total. The van der Waals surface area contributed by atoms with E-state index in [1.807, 2.05) is 19.0 Å². The smallest absolute Gasteiger partial charge is 0.416 e. The van der Waals surface area contributed by atoms with Gasteiger partial charge in [0.25, 0.3) is 0 Å². The molecule has 1 aromatic heterocycles. The molecule has 3 aromatic rings. The van der Waals surface area contributed by atoms with Crippen LogP contribution >= 0.6 is 0 Å². The van der Waals surface area contributed by atoms with E-state index in [0.29, 0.717) is 30.0 Å². The van der Waals surface area contributed by atoms with Gasteiger partial charge in [-0.1, -0.05) is 6.07 Å². The van der Waals surface area contributed by atoms with Gasteiger partial charge in [0.1, 0.15) is 5.75 Å². The van der Waals surface area contributed by atoms with E-state index in [0.717, 1.165) is 23.7 Å². The Morgan fingerprint density at radius 2 is 1.92 bits per heavy atom. The minimum atomic E-state index is -4.83. The minimum absolute atomic E-state index is 0.0910. The van der Waals surface area contributed by atoms with Crippen molar-refractivity contribution >= 4 is 11.7 Å². The number of carbonyl (C=O) groups is 1. The monoisotopic (exact) mass is 517 g/mol. The predicted molar refractivity (Wildman–Crippen MR) is 133 cm³/mol. The van der Waals surface area contributed by atoms with Crippen LogP contribution in [-0.2, 0) is 22.1 Å². The van der Waals surface area contributed by atoms with Crippen molar-refractivity contribution in [3.63, 3.8) is 0 Å². The van der Waals surface area contributed by atoms with E-state index in [2.05, 4.69) is 5.10 Å². The summed E-state index contributed by atoms with van der Waals surface area (Å²) >= 11 is 0. The third-order valence-corrected chi connectivity index (χ3v) is 6.02. The highest BCUT2D eigenvalue weighted by Crippen LogP contribution is 2.45. The first-order chi connectivity index (χ1) is 17.3. The van der Waals surface area contributed by atoms with E-state index < -0.39 is 35.0 Å². The minimum Gasteiger partial charge on any atom is -0.493 e. The van der Waals surface area contributed by atoms with Gasteiger partial charge in [0.15, 0.2) is 6.10 Å². The van der Waals surface area contributed by atoms with Gasteiger partial charge in [-0.2, -0.15) is 18.3 Å². The molecule has 0 amide bonds. The SMILES string of the molecule is CN(C)c1cnn(-c2ccc(C(F)(F)F)c(C(OC(C)(C)C)C(=O)O)c2-c2ccc3c(c2)CCCO3)c1. The summed E-state index contributed by atoms with van der Waals surface area (Å²) in [6.45, 7) is 5.37. The van der Waals surface area contributed by atoms with Crippen molar-refractivity contribution in [1.29, 1.82) is 0 Å². The molecule has 0 radical (unpaired) electrons. The number of aromatic nitrogens is 2. The number of carboxylic acids is 1. The number of benzene rings is 2. The van der Waals surface area contributed by atoms with Crippen LogP contribution in [-0.4, -0.2) is 47.2 Å². The number of halogens is 3. The van der Waals surface area contributed by atoms with Crippen molar-refractivity contribution in [3.05, 3.63) is 59.4 Å². The molecule has 1 unspecified atom stereocenters. The predicted octanol–water partition coefficient (Wildman–Crippen LogP) is 5.89. The Labute approximate surface area is 213 Å². The first-order valence-electron chi connectivity index (χ1n) is 11.9. The lowest BCUT2D eigenvalue weighted by Gasteiger charge is -2.30. The average molecular weight is 518 g/mol. The fraction of sp³-hybridized carbons (Fsp3) is 0.407. The number of aryl methyl sites for hydroxylation is 1. The molecule has 37 heavy (non-hydrogen) atoms. The Kier molecular flexibility index (Phi) is 6.98. The largest absolute Gasteiger partial charge is 0.493 e. The number of aliphatic carboxylic acids is 1. The van der Waals surface area contributed by atoms with Crippen LogP contribution in [0.3, 0.4) is 0 Å². The van der Waals surface area contributed by atoms with Gasteiger partial charge in [0.05, 0.1) is 41.5 Å². The topological polar surface area (TPSA) is 76.8 Å². The van der Waals surface area contributed by atoms with Gasteiger partial charge >= 0.3 is 12.1 Å². The summed E-state index contributed by atoms with van der Waals surface area (Å²) in [6.07, 6.45) is -1.98. The van der Waals surface area contributed by atoms with E-state index in [9.17, 15) is 23.1 Å². The van der Waals surface area contributed by atoms with E-state index in [4.69, 9.17) is 9.47 Å². The number of nitrogens with zero attached hydrogens (tertiary/aromatic N) is 3. The van der Waals surface area contributed by atoms with Crippen molar-refractivity contribution in [2.24, 2.45) is 0 Å². The standard InChI is InChI=1S/C27H30F3N3O4/c1-26(2,3)37-24(25(34)35)23-19(27(28,29)30)9-10-20(33-15-18(14-31-33)32(4)5)22(23)17-8-11-21-16(13-17)7-6-12-36-21/h8-11,13-15,24H,6-7,12H2,1-5H3,(H,34,35). The molecule has 1 aliphatic heterocycles. The van der Waals surface area contributed by atoms with Gasteiger partial charge in [-0.15, -0.1) is 0 Å². The lowest BCUT2D eigenvalue weighted by Crippen LogP contribution is -2.30. The summed E-state index contributed by atoms with van der Waals surface area (Å²) in [5, 5.41) is 14.5. The van der Waals surface area contributed by atoms with Crippen LogP contribution in [0, 0.1) is 0 Å². The Hall–Kier alpha value is -3.53. The fourth-order valence-corrected chi connectivity index (χ4v) is 4.40. The lowest BCUT2D eigenvalue weighted by molar-refractivity contribution is -0.163. The zero-order valence-corrected chi connectivity index (χ0v) is 21.4. The van der Waals surface area contributed by atoms with Crippen molar-refractivity contribution in [2.45, 2.75) is 51.5 Å². The van der Waals surface area contributed by atoms with E-state index in [1.54, 1.807) is 51.4 Å². The van der Waals surface area contributed by atoms with E-state index in [1.165, 1.54) is 10.7 Å². The van der Waals surface area contributed by atoms with Crippen molar-refractivity contribution in [2.75, 3.05) is 25.6 Å². The molecule has 2 aromatic carbocycles. The summed E-state index contributed by atoms with van der Waals surface area (Å²) in [6, 6.07) is 7.35. The maximum Gasteiger partial charge on any atom is 0.416 e. The molecular weight excluding hydrogens is 487 g/mol. The van der Waals surface area contributed by atoms with Crippen molar-refractivity contribution in [3.8, 4) is 22.6 Å². The molecule has 0 bridgehead atoms. The summed E-state index contributed by atoms with van der Waals surface area (Å²) < 4.78 is 56.2. The highest BCUT2D eigenvalue weighted by atomic mass is 19.4. The Balaban J connectivity index is 2.09. The third-order valence-electron chi connectivity index (χ3n) is 6.02. The summed E-state index contributed by atoms with van der Waals surface area (Å²) in [7, 11) is 3.64. The summed E-state index contributed by atoms with van der Waals surface area (Å²) in [4.78, 5) is 14.3. The van der Waals surface area contributed by atoms with Gasteiger partial charge < -0.3 is 19.5 Å². The van der Waals surface area contributed by atoms with Crippen LogP contribution in [0.5, 0.6) is 5.75 Å². The van der Waals surface area contributed by atoms with Gasteiger partial charge in [0.2, 0.25) is 0 Å². The van der Waals surface area contributed by atoms with Crippen LogP contribution in [0.4, 0.5) is 18.9 Å². The Bertz CT molecular complexity index is 1310. The maximum absolute atomic E-state index is 14.4. The fourth-order valence-electron chi connectivity index (χ4n) is 4.40. The Morgan fingerprint density at radius 3 is 2.51 bits per heavy atom. The summed E-state index contributed by atoms with van der Waals surface area (Å²) in [5.74, 6) is -0.852. The number of anilines is 1. The van der Waals surface area contributed by atoms with Gasteiger partial charge in [-0.25, -0.2) is 9.48 Å². The lowest BCUT2D eigenvalue weighted by atomic mass is 9.88. The molecule has 2 heterocycles. The van der Waals surface area contributed by atoms with Crippen molar-refractivity contribution < 1.29 is 32.5 Å². The Morgan fingerprint density at radius 1 is 1.19 bits per heavy atom. The number of ether oxygens (including phenoxy) is 2. The average Bonchev–Trinajstić information content (AvgIpc) is 3.30.